The zero-order valence-corrected chi connectivity index (χ0v) is 12.0. The molecule has 1 saturated carbocycles. The molecule has 1 aromatic rings. The minimum Gasteiger partial charge on any atom is -0.481 e. The Morgan fingerprint density at radius 1 is 1.30 bits per heavy atom. The summed E-state index contributed by atoms with van der Waals surface area (Å²) in [7, 11) is 1.88. The molecule has 2 rings (SSSR count). The maximum Gasteiger partial charge on any atom is 0.312 e. The fourth-order valence-electron chi connectivity index (χ4n) is 3.08. The van der Waals surface area contributed by atoms with Crippen LogP contribution in [0.1, 0.15) is 37.2 Å². The molecule has 20 heavy (non-hydrogen) atoms. The van der Waals surface area contributed by atoms with Crippen molar-refractivity contribution in [2.24, 2.45) is 0 Å². The van der Waals surface area contributed by atoms with E-state index in [2.05, 4.69) is 0 Å². The Bertz CT molecular complexity index is 440. The molecule has 0 heterocycles. The van der Waals surface area contributed by atoms with Gasteiger partial charge in [0.2, 0.25) is 0 Å². The molecular weight excluding hydrogens is 254 g/mol. The molecule has 2 N–H and O–H groups in total. The Labute approximate surface area is 120 Å². The third-order valence-electron chi connectivity index (χ3n) is 4.09. The van der Waals surface area contributed by atoms with Gasteiger partial charge in [-0.3, -0.25) is 4.79 Å². The minimum atomic E-state index is -0.818. The van der Waals surface area contributed by atoms with Crippen molar-refractivity contribution in [2.45, 2.75) is 37.2 Å². The van der Waals surface area contributed by atoms with Gasteiger partial charge >= 0.3 is 5.97 Å². The van der Waals surface area contributed by atoms with E-state index >= 15 is 0 Å². The number of carboxylic acid groups (broad SMARTS) is 1. The van der Waals surface area contributed by atoms with Crippen molar-refractivity contribution in [3.63, 3.8) is 0 Å². The van der Waals surface area contributed by atoms with E-state index in [-0.39, 0.29) is 0 Å². The topological polar surface area (TPSA) is 60.8 Å². The second kappa shape index (κ2) is 6.37. The lowest BCUT2D eigenvalue weighted by molar-refractivity contribution is -0.139. The van der Waals surface area contributed by atoms with Gasteiger partial charge in [0.15, 0.2) is 0 Å². The summed E-state index contributed by atoms with van der Waals surface area (Å²) in [5.41, 5.74) is 0.180. The fourth-order valence-corrected chi connectivity index (χ4v) is 3.08. The number of likely N-dealkylation sites (N-methyl/N-ethyl adjacent to an activating group) is 1. The van der Waals surface area contributed by atoms with Gasteiger partial charge in [-0.2, -0.15) is 0 Å². The van der Waals surface area contributed by atoms with E-state index < -0.39 is 17.5 Å². The molecule has 1 aliphatic rings. The van der Waals surface area contributed by atoms with Crippen LogP contribution in [0.3, 0.4) is 0 Å². The first-order valence-corrected chi connectivity index (χ1v) is 7.19. The Hall–Kier alpha value is -1.39. The Kier molecular flexibility index (Phi) is 4.78. The van der Waals surface area contributed by atoms with Crippen molar-refractivity contribution in [1.29, 1.82) is 0 Å². The van der Waals surface area contributed by atoms with E-state index in [9.17, 15) is 15.0 Å². The molecule has 0 spiro atoms. The number of nitrogens with zero attached hydrogens (tertiary/aromatic N) is 1. The second-order valence-corrected chi connectivity index (χ2v) is 5.93. The van der Waals surface area contributed by atoms with Gasteiger partial charge < -0.3 is 15.1 Å². The maximum atomic E-state index is 11.5. The van der Waals surface area contributed by atoms with Crippen LogP contribution in [0.2, 0.25) is 0 Å². The molecule has 0 bridgehead atoms. The molecule has 0 saturated heterocycles. The first-order chi connectivity index (χ1) is 9.50. The number of aliphatic hydroxyl groups is 1. The number of benzene rings is 1. The molecule has 4 heteroatoms. The summed E-state index contributed by atoms with van der Waals surface area (Å²) in [5.74, 6) is -1.37. The van der Waals surface area contributed by atoms with Crippen LogP contribution in [-0.2, 0) is 4.79 Å². The van der Waals surface area contributed by atoms with Gasteiger partial charge in [-0.05, 0) is 25.5 Å². The van der Waals surface area contributed by atoms with E-state index in [0.29, 0.717) is 13.1 Å². The molecule has 0 amide bonds. The lowest BCUT2D eigenvalue weighted by Crippen LogP contribution is -2.41. The van der Waals surface area contributed by atoms with Gasteiger partial charge in [-0.15, -0.1) is 0 Å². The van der Waals surface area contributed by atoms with E-state index in [1.54, 1.807) is 0 Å². The van der Waals surface area contributed by atoms with Gasteiger partial charge in [0.05, 0.1) is 11.5 Å². The molecule has 1 atom stereocenters. The summed E-state index contributed by atoms with van der Waals surface area (Å²) < 4.78 is 0. The van der Waals surface area contributed by atoms with E-state index in [4.69, 9.17) is 0 Å². The maximum absolute atomic E-state index is 11.5. The Morgan fingerprint density at radius 3 is 2.45 bits per heavy atom. The third kappa shape index (κ3) is 3.81. The molecule has 0 aromatic heterocycles. The highest BCUT2D eigenvalue weighted by atomic mass is 16.4. The number of hydrogen-bond acceptors (Lipinski definition) is 3. The van der Waals surface area contributed by atoms with Crippen LogP contribution in [0.15, 0.2) is 30.3 Å². The largest absolute Gasteiger partial charge is 0.481 e. The van der Waals surface area contributed by atoms with Crippen molar-refractivity contribution < 1.29 is 15.0 Å². The highest BCUT2D eigenvalue weighted by Gasteiger charge is 2.33. The predicted octanol–water partition coefficient (Wildman–Crippen LogP) is 2.09. The first-order valence-electron chi connectivity index (χ1n) is 7.19. The third-order valence-corrected chi connectivity index (χ3v) is 4.09. The summed E-state index contributed by atoms with van der Waals surface area (Å²) >= 11 is 0. The van der Waals surface area contributed by atoms with Gasteiger partial charge in [-0.1, -0.05) is 43.2 Å². The SMILES string of the molecule is CN(CC(C(=O)O)c1ccccc1)CC1(O)CCCC1. The number of rotatable bonds is 6. The number of carboxylic acids is 1. The molecule has 1 unspecified atom stereocenters. The van der Waals surface area contributed by atoms with E-state index in [0.717, 1.165) is 31.2 Å². The second-order valence-electron chi connectivity index (χ2n) is 5.93. The van der Waals surface area contributed by atoms with Gasteiger partial charge in [-0.25, -0.2) is 0 Å². The highest BCUT2D eigenvalue weighted by molar-refractivity contribution is 5.76. The molecule has 0 radical (unpaired) electrons. The standard InChI is InChI=1S/C16H23NO3/c1-17(12-16(20)9-5-6-10-16)11-14(15(18)19)13-7-3-2-4-8-13/h2-4,7-8,14,20H,5-6,9-12H2,1H3,(H,18,19). The van der Waals surface area contributed by atoms with Crippen LogP contribution in [0.4, 0.5) is 0 Å². The van der Waals surface area contributed by atoms with Crippen LogP contribution in [-0.4, -0.2) is 46.8 Å². The van der Waals surface area contributed by atoms with Crippen LogP contribution in [0.5, 0.6) is 0 Å². The molecule has 1 aliphatic carbocycles. The summed E-state index contributed by atoms with van der Waals surface area (Å²) in [5, 5.41) is 19.8. The number of aliphatic carboxylic acids is 1. The predicted molar refractivity (Wildman–Crippen MR) is 77.7 cm³/mol. The quantitative estimate of drug-likeness (QED) is 0.836. The summed E-state index contributed by atoms with van der Waals surface area (Å²) in [4.78, 5) is 13.4. The van der Waals surface area contributed by atoms with Crippen LogP contribution in [0, 0.1) is 0 Å². The van der Waals surface area contributed by atoms with Gasteiger partial charge in [0.25, 0.3) is 0 Å². The molecule has 110 valence electrons. The average molecular weight is 277 g/mol. The summed E-state index contributed by atoms with van der Waals surface area (Å²) in [6.07, 6.45) is 3.76. The monoisotopic (exact) mass is 277 g/mol. The molecule has 4 nitrogen and oxygen atoms in total. The number of hydrogen-bond donors (Lipinski definition) is 2. The zero-order chi connectivity index (χ0) is 14.6. The van der Waals surface area contributed by atoms with Crippen molar-refractivity contribution in [2.75, 3.05) is 20.1 Å². The van der Waals surface area contributed by atoms with E-state index in [1.165, 1.54) is 0 Å². The number of carbonyl (C=O) groups is 1. The average Bonchev–Trinajstić information content (AvgIpc) is 2.83. The lowest BCUT2D eigenvalue weighted by atomic mass is 9.97. The Balaban J connectivity index is 2.00. The van der Waals surface area contributed by atoms with Gasteiger partial charge in [0, 0.05) is 13.1 Å². The smallest absolute Gasteiger partial charge is 0.312 e. The fraction of sp³-hybridized carbons (Fsp3) is 0.562. The molecule has 0 aliphatic heterocycles. The van der Waals surface area contributed by atoms with Crippen molar-refractivity contribution in [3.05, 3.63) is 35.9 Å². The normalized spacial score (nSPS) is 19.1. The zero-order valence-electron chi connectivity index (χ0n) is 12.0. The molecule has 1 fully saturated rings. The van der Waals surface area contributed by atoms with Crippen LogP contribution < -0.4 is 0 Å². The van der Waals surface area contributed by atoms with Crippen molar-refractivity contribution in [3.8, 4) is 0 Å². The molecule has 1 aromatic carbocycles. The van der Waals surface area contributed by atoms with Gasteiger partial charge in [0.1, 0.15) is 0 Å². The Morgan fingerprint density at radius 2 is 1.90 bits per heavy atom. The van der Waals surface area contributed by atoms with Crippen molar-refractivity contribution in [1.82, 2.24) is 4.90 Å². The molecular formula is C16H23NO3. The summed E-state index contributed by atoms with van der Waals surface area (Å²) in [6.45, 7) is 0.964. The van der Waals surface area contributed by atoms with Crippen molar-refractivity contribution >= 4 is 5.97 Å². The first kappa shape index (κ1) is 15.0. The minimum absolute atomic E-state index is 0.418. The van der Waals surface area contributed by atoms with E-state index in [1.807, 2.05) is 42.3 Å². The lowest BCUT2D eigenvalue weighted by Gasteiger charge is -2.30. The van der Waals surface area contributed by atoms with Crippen LogP contribution in [0.25, 0.3) is 0 Å². The van der Waals surface area contributed by atoms with Crippen LogP contribution >= 0.6 is 0 Å². The summed E-state index contributed by atoms with van der Waals surface area (Å²) in [6, 6.07) is 9.28. The highest BCUT2D eigenvalue weighted by Crippen LogP contribution is 2.30.